The maximum atomic E-state index is 11.3. The van der Waals surface area contributed by atoms with Gasteiger partial charge in [0.25, 0.3) is 5.56 Å². The maximum Gasteiger partial charge on any atom is 0.276 e. The Balaban J connectivity index is 2.12. The zero-order valence-electron chi connectivity index (χ0n) is 9.23. The number of β-amino-alcohol motifs (C(OH)–C–C–N with tert-alkyl or cyclic N) is 1. The molecule has 4 N–H and O–H groups in total. The number of aromatic nitrogens is 2. The monoisotopic (exact) mass is 224 g/mol. The van der Waals surface area contributed by atoms with Crippen molar-refractivity contribution in [2.45, 2.75) is 25.4 Å². The number of aliphatic hydroxyl groups is 1. The Bertz CT molecular complexity index is 437. The first-order chi connectivity index (χ1) is 7.56. The Hall–Kier alpha value is -1.56. The molecular weight excluding hydrogens is 208 g/mol. The molecule has 0 atom stereocenters. The molecule has 1 aromatic rings. The van der Waals surface area contributed by atoms with Crippen molar-refractivity contribution in [2.75, 3.05) is 23.7 Å². The number of hydrogen-bond donors (Lipinski definition) is 3. The fraction of sp³-hybridized carbons (Fsp3) is 0.600. The average molecular weight is 224 g/mol. The van der Waals surface area contributed by atoms with Gasteiger partial charge >= 0.3 is 0 Å². The molecule has 0 spiro atoms. The third-order valence-corrected chi connectivity index (χ3v) is 2.85. The molecule has 0 amide bonds. The van der Waals surface area contributed by atoms with Gasteiger partial charge in [0, 0.05) is 0 Å². The van der Waals surface area contributed by atoms with E-state index >= 15 is 0 Å². The van der Waals surface area contributed by atoms with E-state index in [1.54, 1.807) is 0 Å². The summed E-state index contributed by atoms with van der Waals surface area (Å²) in [6.45, 7) is 3.00. The molecule has 6 heteroatoms. The van der Waals surface area contributed by atoms with E-state index in [-0.39, 0.29) is 11.2 Å². The number of nitrogens with two attached hydrogens (primary N) is 1. The second-order valence-corrected chi connectivity index (χ2v) is 4.30. The highest BCUT2D eigenvalue weighted by atomic mass is 16.3. The highest BCUT2D eigenvalue weighted by Gasteiger charge is 2.41. The van der Waals surface area contributed by atoms with E-state index < -0.39 is 5.60 Å². The van der Waals surface area contributed by atoms with Crippen LogP contribution in [0.5, 0.6) is 0 Å². The third-order valence-electron chi connectivity index (χ3n) is 2.85. The molecule has 16 heavy (non-hydrogen) atoms. The first kappa shape index (κ1) is 10.9. The zero-order valence-corrected chi connectivity index (χ0v) is 9.23. The molecule has 1 aliphatic heterocycles. The molecule has 2 heterocycles. The van der Waals surface area contributed by atoms with Crippen LogP contribution in [0.2, 0.25) is 0 Å². The van der Waals surface area contributed by atoms with Crippen molar-refractivity contribution in [3.8, 4) is 0 Å². The first-order valence-corrected chi connectivity index (χ1v) is 5.36. The summed E-state index contributed by atoms with van der Waals surface area (Å²) < 4.78 is 0. The molecule has 0 bridgehead atoms. The Labute approximate surface area is 93.1 Å². The summed E-state index contributed by atoms with van der Waals surface area (Å²) in [6, 6.07) is 0. The normalized spacial score (nSPS) is 18.2. The summed E-state index contributed by atoms with van der Waals surface area (Å²) in [4.78, 5) is 19.5. The predicted octanol–water partition coefficient (Wildman–Crippen LogP) is -0.297. The van der Waals surface area contributed by atoms with Crippen LogP contribution in [0, 0.1) is 0 Å². The Morgan fingerprint density at radius 1 is 1.69 bits per heavy atom. The van der Waals surface area contributed by atoms with Crippen molar-refractivity contribution in [1.82, 2.24) is 9.97 Å². The van der Waals surface area contributed by atoms with Gasteiger partial charge in [0.15, 0.2) is 5.82 Å². The standard InChI is InChI=1S/C10H16N4O2/c1-2-3-10(16)4-14(5-10)8-7(11)9(15)13-6-12-8/h6,16H,2-5,11H2,1H3,(H,12,13,15). The molecule has 1 saturated heterocycles. The lowest BCUT2D eigenvalue weighted by atomic mass is 9.89. The van der Waals surface area contributed by atoms with Crippen LogP contribution in [0.15, 0.2) is 11.1 Å². The fourth-order valence-corrected chi connectivity index (χ4v) is 2.09. The average Bonchev–Trinajstić information content (AvgIpc) is 2.19. The van der Waals surface area contributed by atoms with E-state index in [1.165, 1.54) is 6.33 Å². The van der Waals surface area contributed by atoms with Gasteiger partial charge in [-0.15, -0.1) is 0 Å². The second-order valence-electron chi connectivity index (χ2n) is 4.30. The lowest BCUT2D eigenvalue weighted by molar-refractivity contribution is 0.00301. The Kier molecular flexibility index (Phi) is 2.59. The van der Waals surface area contributed by atoms with Crippen LogP contribution >= 0.6 is 0 Å². The zero-order chi connectivity index (χ0) is 11.8. The summed E-state index contributed by atoms with van der Waals surface area (Å²) in [5.74, 6) is 0.463. The van der Waals surface area contributed by atoms with Gasteiger partial charge in [-0.2, -0.15) is 0 Å². The molecule has 0 unspecified atom stereocenters. The Morgan fingerprint density at radius 3 is 3.00 bits per heavy atom. The van der Waals surface area contributed by atoms with Gasteiger partial charge in [-0.25, -0.2) is 4.98 Å². The largest absolute Gasteiger partial charge is 0.391 e. The summed E-state index contributed by atoms with van der Waals surface area (Å²) in [5.41, 5.74) is 4.75. The van der Waals surface area contributed by atoms with E-state index in [4.69, 9.17) is 5.73 Å². The molecule has 1 aromatic heterocycles. The quantitative estimate of drug-likeness (QED) is 0.655. The molecule has 0 radical (unpaired) electrons. The van der Waals surface area contributed by atoms with E-state index in [1.807, 2.05) is 11.8 Å². The summed E-state index contributed by atoms with van der Waals surface area (Å²) in [5, 5.41) is 10.0. The number of H-pyrrole nitrogens is 1. The van der Waals surface area contributed by atoms with Crippen LogP contribution in [0.25, 0.3) is 0 Å². The fourth-order valence-electron chi connectivity index (χ4n) is 2.09. The highest BCUT2D eigenvalue weighted by molar-refractivity contribution is 5.62. The van der Waals surface area contributed by atoms with Crippen LogP contribution < -0.4 is 16.2 Å². The molecule has 1 fully saturated rings. The highest BCUT2D eigenvalue weighted by Crippen LogP contribution is 2.31. The molecule has 6 nitrogen and oxygen atoms in total. The number of nitrogen functional groups attached to an aromatic ring is 1. The molecule has 0 aromatic carbocycles. The van der Waals surface area contributed by atoms with Crippen molar-refractivity contribution in [1.29, 1.82) is 0 Å². The van der Waals surface area contributed by atoms with E-state index in [0.29, 0.717) is 18.9 Å². The minimum atomic E-state index is -0.647. The molecule has 0 aliphatic carbocycles. The summed E-state index contributed by atoms with van der Waals surface area (Å²) in [7, 11) is 0. The van der Waals surface area contributed by atoms with Crippen molar-refractivity contribution >= 4 is 11.5 Å². The van der Waals surface area contributed by atoms with Gasteiger partial charge in [-0.1, -0.05) is 13.3 Å². The Morgan fingerprint density at radius 2 is 2.38 bits per heavy atom. The van der Waals surface area contributed by atoms with Gasteiger partial charge in [0.05, 0.1) is 25.0 Å². The maximum absolute atomic E-state index is 11.3. The number of nitrogens with one attached hydrogen (secondary N) is 1. The number of anilines is 2. The van der Waals surface area contributed by atoms with Gasteiger partial charge in [-0.3, -0.25) is 4.79 Å². The molecular formula is C10H16N4O2. The van der Waals surface area contributed by atoms with E-state index in [9.17, 15) is 9.90 Å². The first-order valence-electron chi connectivity index (χ1n) is 5.36. The second kappa shape index (κ2) is 3.79. The van der Waals surface area contributed by atoms with Gasteiger partial charge < -0.3 is 20.7 Å². The topological polar surface area (TPSA) is 95.2 Å². The predicted molar refractivity (Wildman–Crippen MR) is 61.3 cm³/mol. The van der Waals surface area contributed by atoms with Crippen molar-refractivity contribution in [3.63, 3.8) is 0 Å². The van der Waals surface area contributed by atoms with Crippen LogP contribution in [-0.4, -0.2) is 33.8 Å². The minimum absolute atomic E-state index is 0.112. The van der Waals surface area contributed by atoms with Crippen molar-refractivity contribution in [3.05, 3.63) is 16.7 Å². The molecule has 0 saturated carbocycles. The summed E-state index contributed by atoms with van der Waals surface area (Å²) >= 11 is 0. The number of hydrogen-bond acceptors (Lipinski definition) is 5. The van der Waals surface area contributed by atoms with Crippen LogP contribution in [0.1, 0.15) is 19.8 Å². The SMILES string of the molecule is CCCC1(O)CN(c2nc[nH]c(=O)c2N)C1. The number of rotatable bonds is 3. The van der Waals surface area contributed by atoms with Crippen molar-refractivity contribution in [2.24, 2.45) is 0 Å². The van der Waals surface area contributed by atoms with Crippen LogP contribution in [0.3, 0.4) is 0 Å². The van der Waals surface area contributed by atoms with Crippen molar-refractivity contribution < 1.29 is 5.11 Å². The van der Waals surface area contributed by atoms with E-state index in [2.05, 4.69) is 9.97 Å². The van der Waals surface area contributed by atoms with Gasteiger partial charge in [0.2, 0.25) is 0 Å². The minimum Gasteiger partial charge on any atom is -0.391 e. The van der Waals surface area contributed by atoms with Gasteiger partial charge in [0.1, 0.15) is 5.69 Å². The van der Waals surface area contributed by atoms with Crippen LogP contribution in [0.4, 0.5) is 11.5 Å². The van der Waals surface area contributed by atoms with Crippen LogP contribution in [-0.2, 0) is 0 Å². The number of nitrogens with zero attached hydrogens (tertiary/aromatic N) is 2. The molecule has 1 aliphatic rings. The third kappa shape index (κ3) is 1.76. The molecule has 2 rings (SSSR count). The lowest BCUT2D eigenvalue weighted by Crippen LogP contribution is -2.62. The lowest BCUT2D eigenvalue weighted by Gasteiger charge is -2.47. The number of aromatic amines is 1. The smallest absolute Gasteiger partial charge is 0.276 e. The molecule has 88 valence electrons. The summed E-state index contributed by atoms with van der Waals surface area (Å²) in [6.07, 6.45) is 3.01. The van der Waals surface area contributed by atoms with E-state index in [0.717, 1.165) is 12.8 Å². The van der Waals surface area contributed by atoms with Gasteiger partial charge in [-0.05, 0) is 6.42 Å².